The largest absolute Gasteiger partial charge is 0.481 e. The number of carboxylic acids is 1. The van der Waals surface area contributed by atoms with Gasteiger partial charge in [-0.25, -0.2) is 0 Å². The van der Waals surface area contributed by atoms with Crippen LogP contribution in [-0.2, 0) is 4.79 Å². The van der Waals surface area contributed by atoms with Crippen LogP contribution in [0, 0.1) is 5.92 Å². The summed E-state index contributed by atoms with van der Waals surface area (Å²) in [4.78, 5) is 10.5. The Bertz CT molecular complexity index is 175. The van der Waals surface area contributed by atoms with Crippen molar-refractivity contribution in [1.82, 2.24) is 5.32 Å². The first-order chi connectivity index (χ1) is 6.33. The minimum absolute atomic E-state index is 0.196. The van der Waals surface area contributed by atoms with E-state index in [1.165, 1.54) is 0 Å². The van der Waals surface area contributed by atoms with Crippen LogP contribution in [0.3, 0.4) is 0 Å². The molecule has 0 amide bonds. The molecule has 0 fully saturated rings. The molecule has 4 heteroatoms. The molecule has 1 unspecified atom stereocenters. The third-order valence-electron chi connectivity index (χ3n) is 1.99. The smallest absolute Gasteiger partial charge is 0.306 e. The quantitative estimate of drug-likeness (QED) is 0.534. The highest BCUT2D eigenvalue weighted by molar-refractivity contribution is 5.69. The molecule has 0 heterocycles. The molecular weight excluding hydrogens is 180 g/mol. The van der Waals surface area contributed by atoms with Gasteiger partial charge < -0.3 is 16.2 Å². The Labute approximate surface area is 85.9 Å². The number of aliphatic carboxylic acids is 1. The normalized spacial score (nSPS) is 14.0. The third kappa shape index (κ3) is 8.01. The average Bonchev–Trinajstić information content (AvgIpc) is 2.01. The first-order valence-electron chi connectivity index (χ1n) is 5.05. The lowest BCUT2D eigenvalue weighted by Gasteiger charge is -2.19. The Morgan fingerprint density at radius 2 is 2.14 bits per heavy atom. The molecule has 0 bridgehead atoms. The van der Waals surface area contributed by atoms with Crippen molar-refractivity contribution in [3.05, 3.63) is 0 Å². The summed E-state index contributed by atoms with van der Waals surface area (Å²) in [6.07, 6.45) is 1.59. The van der Waals surface area contributed by atoms with Crippen molar-refractivity contribution in [2.24, 2.45) is 11.7 Å². The zero-order valence-electron chi connectivity index (χ0n) is 9.34. The van der Waals surface area contributed by atoms with E-state index in [4.69, 9.17) is 10.8 Å². The molecule has 0 aliphatic heterocycles. The van der Waals surface area contributed by atoms with Gasteiger partial charge in [-0.3, -0.25) is 4.79 Å². The third-order valence-corrected chi connectivity index (χ3v) is 1.99. The van der Waals surface area contributed by atoms with Crippen molar-refractivity contribution >= 4 is 5.97 Å². The maximum absolute atomic E-state index is 10.5. The topological polar surface area (TPSA) is 75.3 Å². The summed E-state index contributed by atoms with van der Waals surface area (Å²) >= 11 is 0. The molecule has 0 aromatic rings. The maximum Gasteiger partial charge on any atom is 0.306 e. The van der Waals surface area contributed by atoms with Crippen LogP contribution >= 0.6 is 0 Å². The second-order valence-corrected chi connectivity index (χ2v) is 4.55. The summed E-state index contributed by atoms with van der Waals surface area (Å²) in [5.41, 5.74) is 5.57. The van der Waals surface area contributed by atoms with Gasteiger partial charge >= 0.3 is 5.97 Å². The van der Waals surface area contributed by atoms with Gasteiger partial charge in [0.05, 0.1) is 5.92 Å². The van der Waals surface area contributed by atoms with Gasteiger partial charge in [-0.15, -0.1) is 0 Å². The lowest BCUT2D eigenvalue weighted by atomic mass is 10.1. The van der Waals surface area contributed by atoms with Crippen LogP contribution in [0.15, 0.2) is 0 Å². The van der Waals surface area contributed by atoms with Crippen molar-refractivity contribution in [2.45, 2.75) is 39.2 Å². The lowest BCUT2D eigenvalue weighted by Crippen LogP contribution is -2.43. The van der Waals surface area contributed by atoms with Gasteiger partial charge in [0.1, 0.15) is 0 Å². The van der Waals surface area contributed by atoms with E-state index in [-0.39, 0.29) is 11.5 Å². The molecule has 14 heavy (non-hydrogen) atoms. The van der Waals surface area contributed by atoms with Gasteiger partial charge in [0.25, 0.3) is 0 Å². The fourth-order valence-corrected chi connectivity index (χ4v) is 1.07. The monoisotopic (exact) mass is 202 g/mol. The van der Waals surface area contributed by atoms with Crippen molar-refractivity contribution < 1.29 is 9.90 Å². The number of carboxylic acid groups (broad SMARTS) is 1. The molecule has 0 rings (SSSR count). The highest BCUT2D eigenvalue weighted by Gasteiger charge is 2.11. The van der Waals surface area contributed by atoms with Gasteiger partial charge in [-0.05, 0) is 33.2 Å². The Morgan fingerprint density at radius 1 is 1.57 bits per heavy atom. The standard InChI is InChI=1S/C10H22N2O2/c1-8(9(13)14)5-4-6-12-7-10(2,3)11/h8,12H,4-7,11H2,1-3H3,(H,13,14). The van der Waals surface area contributed by atoms with Gasteiger partial charge in [-0.2, -0.15) is 0 Å². The number of hydrogen-bond donors (Lipinski definition) is 3. The van der Waals surface area contributed by atoms with E-state index in [9.17, 15) is 4.79 Å². The van der Waals surface area contributed by atoms with E-state index in [1.54, 1.807) is 6.92 Å². The van der Waals surface area contributed by atoms with E-state index < -0.39 is 5.97 Å². The van der Waals surface area contributed by atoms with Gasteiger partial charge in [0, 0.05) is 12.1 Å². The molecule has 4 nitrogen and oxygen atoms in total. The molecule has 0 saturated carbocycles. The van der Waals surface area contributed by atoms with Crippen LogP contribution < -0.4 is 11.1 Å². The van der Waals surface area contributed by atoms with Crippen LogP contribution in [0.2, 0.25) is 0 Å². The van der Waals surface area contributed by atoms with E-state index in [0.29, 0.717) is 6.42 Å². The highest BCUT2D eigenvalue weighted by Crippen LogP contribution is 2.04. The molecular formula is C10H22N2O2. The number of carbonyl (C=O) groups is 1. The Hall–Kier alpha value is -0.610. The fraction of sp³-hybridized carbons (Fsp3) is 0.900. The molecule has 0 spiro atoms. The van der Waals surface area contributed by atoms with E-state index in [1.807, 2.05) is 13.8 Å². The zero-order chi connectivity index (χ0) is 11.2. The summed E-state index contributed by atoms with van der Waals surface area (Å²) in [6, 6.07) is 0. The molecule has 0 aliphatic rings. The number of nitrogens with two attached hydrogens (primary N) is 1. The Morgan fingerprint density at radius 3 is 2.57 bits per heavy atom. The summed E-state index contributed by atoms with van der Waals surface area (Å²) < 4.78 is 0. The number of nitrogens with one attached hydrogen (secondary N) is 1. The minimum atomic E-state index is -0.718. The van der Waals surface area contributed by atoms with Crippen molar-refractivity contribution in [1.29, 1.82) is 0 Å². The Kier molecular flexibility index (Phi) is 5.72. The van der Waals surface area contributed by atoms with Crippen molar-refractivity contribution in [2.75, 3.05) is 13.1 Å². The van der Waals surface area contributed by atoms with E-state index in [2.05, 4.69) is 5.32 Å². The predicted molar refractivity (Wildman–Crippen MR) is 57.2 cm³/mol. The summed E-state index contributed by atoms with van der Waals surface area (Å²) in [5, 5.41) is 11.8. The molecule has 84 valence electrons. The lowest BCUT2D eigenvalue weighted by molar-refractivity contribution is -0.141. The summed E-state index contributed by atoms with van der Waals surface area (Å²) in [5.74, 6) is -0.966. The second kappa shape index (κ2) is 5.98. The predicted octanol–water partition coefficient (Wildman–Crippen LogP) is 0.814. The van der Waals surface area contributed by atoms with Gasteiger partial charge in [0.15, 0.2) is 0 Å². The number of rotatable bonds is 7. The average molecular weight is 202 g/mol. The SMILES string of the molecule is CC(CCCNCC(C)(C)N)C(=O)O. The first kappa shape index (κ1) is 13.4. The molecule has 0 aliphatic carbocycles. The zero-order valence-corrected chi connectivity index (χ0v) is 9.34. The molecule has 0 aromatic heterocycles. The molecule has 4 N–H and O–H groups in total. The van der Waals surface area contributed by atoms with E-state index >= 15 is 0 Å². The molecule has 0 aromatic carbocycles. The summed E-state index contributed by atoms with van der Waals surface area (Å²) in [6.45, 7) is 7.24. The first-order valence-corrected chi connectivity index (χ1v) is 5.05. The summed E-state index contributed by atoms with van der Waals surface area (Å²) in [7, 11) is 0. The van der Waals surface area contributed by atoms with Gasteiger partial charge in [0.2, 0.25) is 0 Å². The maximum atomic E-state index is 10.5. The van der Waals surface area contributed by atoms with Crippen molar-refractivity contribution in [3.63, 3.8) is 0 Å². The van der Waals surface area contributed by atoms with Crippen LogP contribution in [0.5, 0.6) is 0 Å². The highest BCUT2D eigenvalue weighted by atomic mass is 16.4. The second-order valence-electron chi connectivity index (χ2n) is 4.55. The van der Waals surface area contributed by atoms with Crippen LogP contribution in [0.1, 0.15) is 33.6 Å². The minimum Gasteiger partial charge on any atom is -0.481 e. The van der Waals surface area contributed by atoms with Crippen molar-refractivity contribution in [3.8, 4) is 0 Å². The molecule has 1 atom stereocenters. The van der Waals surface area contributed by atoms with Crippen LogP contribution in [0.25, 0.3) is 0 Å². The van der Waals surface area contributed by atoms with Crippen LogP contribution in [-0.4, -0.2) is 29.7 Å². The molecule has 0 saturated heterocycles. The van der Waals surface area contributed by atoms with E-state index in [0.717, 1.165) is 19.5 Å². The fourth-order valence-electron chi connectivity index (χ4n) is 1.07. The Balaban J connectivity index is 3.35. The number of hydrogen-bond acceptors (Lipinski definition) is 3. The molecule has 0 radical (unpaired) electrons. The van der Waals surface area contributed by atoms with Crippen LogP contribution in [0.4, 0.5) is 0 Å². The van der Waals surface area contributed by atoms with Gasteiger partial charge in [-0.1, -0.05) is 6.92 Å².